The van der Waals surface area contributed by atoms with E-state index in [0.29, 0.717) is 24.4 Å². The van der Waals surface area contributed by atoms with E-state index in [9.17, 15) is 9.18 Å². The van der Waals surface area contributed by atoms with Gasteiger partial charge in [-0.3, -0.25) is 4.79 Å². The molecule has 0 radical (unpaired) electrons. The second kappa shape index (κ2) is 5.84. The Kier molecular flexibility index (Phi) is 4.11. The number of carbonyl (C=O) groups is 1. The Morgan fingerprint density at radius 3 is 2.70 bits per heavy atom. The molecule has 0 aromatic heterocycles. The molecule has 1 atom stereocenters. The van der Waals surface area contributed by atoms with Crippen LogP contribution in [0.15, 0.2) is 12.1 Å². The molecule has 1 amide bonds. The number of aryl methyl sites for hydroxylation is 1. The highest BCUT2D eigenvalue weighted by molar-refractivity contribution is 9.09. The van der Waals surface area contributed by atoms with Crippen molar-refractivity contribution in [3.8, 4) is 0 Å². The summed E-state index contributed by atoms with van der Waals surface area (Å²) in [5.41, 5.74) is 2.46. The van der Waals surface area contributed by atoms with Gasteiger partial charge in [0.25, 0.3) is 0 Å². The van der Waals surface area contributed by atoms with Crippen LogP contribution < -0.4 is 5.32 Å². The number of rotatable bonds is 2. The van der Waals surface area contributed by atoms with Crippen LogP contribution in [-0.2, 0) is 11.2 Å². The van der Waals surface area contributed by atoms with Crippen LogP contribution in [0.25, 0.3) is 0 Å². The first-order chi connectivity index (χ1) is 9.65. The van der Waals surface area contributed by atoms with Crippen molar-refractivity contribution in [1.82, 2.24) is 0 Å². The summed E-state index contributed by atoms with van der Waals surface area (Å²) in [7, 11) is 0. The molecule has 0 saturated heterocycles. The van der Waals surface area contributed by atoms with Crippen LogP contribution in [-0.4, -0.2) is 5.91 Å². The number of anilines is 1. The van der Waals surface area contributed by atoms with E-state index in [4.69, 9.17) is 0 Å². The summed E-state index contributed by atoms with van der Waals surface area (Å²) in [6, 6.07) is 3.43. The highest BCUT2D eigenvalue weighted by Crippen LogP contribution is 2.42. The topological polar surface area (TPSA) is 29.1 Å². The smallest absolute Gasteiger partial charge is 0.224 e. The first-order valence-electron chi connectivity index (χ1n) is 7.41. The second-order valence-electron chi connectivity index (χ2n) is 5.88. The van der Waals surface area contributed by atoms with Crippen molar-refractivity contribution >= 4 is 27.5 Å². The number of alkyl halides is 1. The zero-order chi connectivity index (χ0) is 14.1. The fourth-order valence-corrected chi connectivity index (χ4v) is 4.19. The summed E-state index contributed by atoms with van der Waals surface area (Å²) in [6.07, 6.45) is 7.33. The molecule has 3 rings (SSSR count). The summed E-state index contributed by atoms with van der Waals surface area (Å²) in [5, 5.41) is 2.75. The van der Waals surface area contributed by atoms with Gasteiger partial charge < -0.3 is 5.32 Å². The lowest BCUT2D eigenvalue weighted by Gasteiger charge is -2.28. The molecule has 1 saturated carbocycles. The summed E-state index contributed by atoms with van der Waals surface area (Å²) < 4.78 is 14.3. The number of hydrogen-bond donors (Lipinski definition) is 1. The lowest BCUT2D eigenvalue weighted by molar-refractivity contribution is -0.116. The van der Waals surface area contributed by atoms with Crippen molar-refractivity contribution in [2.24, 2.45) is 5.92 Å². The van der Waals surface area contributed by atoms with Gasteiger partial charge >= 0.3 is 0 Å². The Morgan fingerprint density at radius 1 is 1.20 bits per heavy atom. The molecule has 1 aromatic carbocycles. The van der Waals surface area contributed by atoms with Gasteiger partial charge in [0.2, 0.25) is 5.91 Å². The van der Waals surface area contributed by atoms with Crippen molar-refractivity contribution in [1.29, 1.82) is 0 Å². The maximum absolute atomic E-state index is 14.3. The molecule has 1 fully saturated rings. The van der Waals surface area contributed by atoms with Crippen LogP contribution in [0, 0.1) is 11.7 Å². The Balaban J connectivity index is 1.87. The maximum atomic E-state index is 14.3. The van der Waals surface area contributed by atoms with Crippen LogP contribution in [0.1, 0.15) is 54.5 Å². The quantitative estimate of drug-likeness (QED) is 0.775. The monoisotopic (exact) mass is 339 g/mol. The van der Waals surface area contributed by atoms with E-state index in [1.54, 1.807) is 0 Å². The van der Waals surface area contributed by atoms with E-state index in [-0.39, 0.29) is 16.6 Å². The SMILES string of the molecule is O=C1CCc2cc(C(Br)C3CCCCC3)c(F)cc2N1. The third-order valence-corrected chi connectivity index (χ3v) is 5.72. The third kappa shape index (κ3) is 2.76. The second-order valence-corrected chi connectivity index (χ2v) is 6.87. The zero-order valence-corrected chi connectivity index (χ0v) is 13.0. The van der Waals surface area contributed by atoms with E-state index in [0.717, 1.165) is 11.1 Å². The first-order valence-corrected chi connectivity index (χ1v) is 8.33. The predicted molar refractivity (Wildman–Crippen MR) is 81.6 cm³/mol. The van der Waals surface area contributed by atoms with Crippen molar-refractivity contribution in [2.75, 3.05) is 5.32 Å². The third-order valence-electron chi connectivity index (χ3n) is 4.48. The van der Waals surface area contributed by atoms with Crippen LogP contribution in [0.4, 0.5) is 10.1 Å². The molecule has 1 unspecified atom stereocenters. The molecule has 1 aromatic rings. The minimum atomic E-state index is -0.210. The van der Waals surface area contributed by atoms with Crippen LogP contribution in [0.5, 0.6) is 0 Å². The highest BCUT2D eigenvalue weighted by Gasteiger charge is 2.27. The van der Waals surface area contributed by atoms with Gasteiger partial charge in [0.05, 0.1) is 0 Å². The normalized spacial score (nSPS) is 21.2. The average molecular weight is 340 g/mol. The number of carbonyl (C=O) groups excluding carboxylic acids is 1. The van der Waals surface area contributed by atoms with E-state index in [1.807, 2.05) is 6.07 Å². The Morgan fingerprint density at radius 2 is 1.95 bits per heavy atom. The van der Waals surface area contributed by atoms with E-state index < -0.39 is 0 Å². The van der Waals surface area contributed by atoms with Gasteiger partial charge in [-0.25, -0.2) is 4.39 Å². The number of benzene rings is 1. The minimum Gasteiger partial charge on any atom is -0.326 e. The van der Waals surface area contributed by atoms with E-state index >= 15 is 0 Å². The molecule has 4 heteroatoms. The number of amides is 1. The zero-order valence-electron chi connectivity index (χ0n) is 11.4. The van der Waals surface area contributed by atoms with Gasteiger partial charge in [0.15, 0.2) is 0 Å². The molecular formula is C16H19BrFNO. The lowest BCUT2D eigenvalue weighted by Crippen LogP contribution is -2.20. The maximum Gasteiger partial charge on any atom is 0.224 e. The summed E-state index contributed by atoms with van der Waals surface area (Å²) in [4.78, 5) is 11.4. The van der Waals surface area contributed by atoms with E-state index in [2.05, 4.69) is 21.2 Å². The molecule has 1 heterocycles. The Bertz CT molecular complexity index is 525. The van der Waals surface area contributed by atoms with Gasteiger partial charge in [-0.1, -0.05) is 35.2 Å². The fourth-order valence-electron chi connectivity index (χ4n) is 3.31. The molecule has 0 bridgehead atoms. The Labute approximate surface area is 127 Å². The average Bonchev–Trinajstić information content (AvgIpc) is 2.46. The molecule has 2 aliphatic rings. The van der Waals surface area contributed by atoms with Gasteiger partial charge in [-0.15, -0.1) is 0 Å². The summed E-state index contributed by atoms with van der Waals surface area (Å²) in [6.45, 7) is 0. The molecular weight excluding hydrogens is 321 g/mol. The van der Waals surface area contributed by atoms with Crippen LogP contribution in [0.2, 0.25) is 0 Å². The minimum absolute atomic E-state index is 0.0210. The number of halogens is 2. The molecule has 20 heavy (non-hydrogen) atoms. The first kappa shape index (κ1) is 14.1. The highest BCUT2D eigenvalue weighted by atomic mass is 79.9. The molecule has 0 spiro atoms. The van der Waals surface area contributed by atoms with Gasteiger partial charge in [0, 0.05) is 22.5 Å². The lowest BCUT2D eigenvalue weighted by atomic mass is 9.84. The molecule has 1 N–H and O–H groups in total. The number of nitrogens with one attached hydrogen (secondary N) is 1. The number of hydrogen-bond acceptors (Lipinski definition) is 1. The molecule has 108 valence electrons. The fraction of sp³-hybridized carbons (Fsp3) is 0.562. The van der Waals surface area contributed by atoms with Crippen molar-refractivity contribution in [3.63, 3.8) is 0 Å². The van der Waals surface area contributed by atoms with Gasteiger partial charge in [-0.2, -0.15) is 0 Å². The van der Waals surface area contributed by atoms with E-state index in [1.165, 1.54) is 38.2 Å². The predicted octanol–water partition coefficient (Wildman–Crippen LogP) is 4.73. The number of fused-ring (bicyclic) bond motifs is 1. The standard InChI is InChI=1S/C16H19BrFNO/c17-16(10-4-2-1-3-5-10)12-8-11-6-7-15(20)19-14(11)9-13(12)18/h8-10,16H,1-7H2,(H,19,20). The van der Waals surface area contributed by atoms with Crippen LogP contribution in [0.3, 0.4) is 0 Å². The largest absolute Gasteiger partial charge is 0.326 e. The molecule has 1 aliphatic heterocycles. The van der Waals surface area contributed by atoms with Gasteiger partial charge in [0.1, 0.15) is 5.82 Å². The van der Waals surface area contributed by atoms with Crippen molar-refractivity contribution < 1.29 is 9.18 Å². The van der Waals surface area contributed by atoms with Gasteiger partial charge in [-0.05, 0) is 42.9 Å². The van der Waals surface area contributed by atoms with Crippen LogP contribution >= 0.6 is 15.9 Å². The molecule has 1 aliphatic carbocycles. The summed E-state index contributed by atoms with van der Waals surface area (Å²) >= 11 is 3.71. The van der Waals surface area contributed by atoms with Crippen molar-refractivity contribution in [3.05, 3.63) is 29.1 Å². The molecule has 2 nitrogen and oxygen atoms in total. The van der Waals surface area contributed by atoms with Crippen molar-refractivity contribution in [2.45, 2.75) is 49.8 Å². The summed E-state index contributed by atoms with van der Waals surface area (Å²) in [5.74, 6) is 0.292. The Hall–Kier alpha value is -0.900.